The Labute approximate surface area is 147 Å². The van der Waals surface area contributed by atoms with Gasteiger partial charge in [0.2, 0.25) is 5.91 Å². The van der Waals surface area contributed by atoms with Crippen LogP contribution in [0.1, 0.15) is 18.1 Å². The number of alkyl halides is 3. The van der Waals surface area contributed by atoms with Crippen molar-refractivity contribution in [2.75, 3.05) is 5.32 Å². The predicted molar refractivity (Wildman–Crippen MR) is 92.3 cm³/mol. The van der Waals surface area contributed by atoms with Gasteiger partial charge in [0.25, 0.3) is 0 Å². The summed E-state index contributed by atoms with van der Waals surface area (Å²) < 4.78 is 39.1. The van der Waals surface area contributed by atoms with E-state index in [1.807, 2.05) is 30.3 Å². The van der Waals surface area contributed by atoms with Crippen LogP contribution in [-0.4, -0.2) is 11.2 Å². The average Bonchev–Trinajstić information content (AvgIpc) is 2.54. The number of anilines is 1. The monoisotopic (exact) mass is 373 g/mol. The first kappa shape index (κ1) is 18.7. The maximum absolute atomic E-state index is 13.0. The molecule has 0 spiro atoms. The molecule has 24 heavy (non-hydrogen) atoms. The van der Waals surface area contributed by atoms with Gasteiger partial charge in [-0.05, 0) is 30.7 Å². The lowest BCUT2D eigenvalue weighted by Crippen LogP contribution is -2.24. The van der Waals surface area contributed by atoms with Gasteiger partial charge < -0.3 is 5.32 Å². The molecule has 0 aliphatic heterocycles. The third-order valence-electron chi connectivity index (χ3n) is 3.26. The lowest BCUT2D eigenvalue weighted by atomic mass is 10.1. The topological polar surface area (TPSA) is 29.1 Å². The second-order valence-electron chi connectivity index (χ2n) is 5.12. The van der Waals surface area contributed by atoms with Crippen LogP contribution in [0.3, 0.4) is 0 Å². The molecule has 2 aromatic rings. The number of carbonyl (C=O) groups excluding carboxylic acids is 1. The van der Waals surface area contributed by atoms with Gasteiger partial charge in [-0.1, -0.05) is 41.9 Å². The molecule has 0 bridgehead atoms. The Morgan fingerprint density at radius 1 is 1.21 bits per heavy atom. The highest BCUT2D eigenvalue weighted by molar-refractivity contribution is 7.99. The summed E-state index contributed by atoms with van der Waals surface area (Å²) >= 11 is 6.98. The van der Waals surface area contributed by atoms with Crippen molar-refractivity contribution in [3.8, 4) is 0 Å². The number of thioether (sulfide) groups is 1. The van der Waals surface area contributed by atoms with Crippen LogP contribution in [0.15, 0.2) is 48.5 Å². The molecule has 7 heteroatoms. The summed E-state index contributed by atoms with van der Waals surface area (Å²) in [6.07, 6.45) is -4.59. The van der Waals surface area contributed by atoms with Gasteiger partial charge in [0.05, 0.1) is 16.5 Å². The first-order valence-corrected chi connectivity index (χ1v) is 8.53. The normalized spacial score (nSPS) is 12.7. The standard InChI is InChI=1S/C17H15ClF3NOS/c1-11(24-10-12-5-3-2-4-6-12)16(23)22-15-8-7-13(18)9-14(15)17(19,20)21/h2-9,11H,10H2,1H3,(H,22,23)/t11-/m1/s1. The summed E-state index contributed by atoms with van der Waals surface area (Å²) in [6.45, 7) is 1.66. The second kappa shape index (κ2) is 7.94. The number of amides is 1. The van der Waals surface area contributed by atoms with E-state index in [4.69, 9.17) is 11.6 Å². The van der Waals surface area contributed by atoms with Crippen molar-refractivity contribution < 1.29 is 18.0 Å². The third-order valence-corrected chi connectivity index (χ3v) is 4.71. The van der Waals surface area contributed by atoms with Gasteiger partial charge in [0.1, 0.15) is 0 Å². The van der Waals surface area contributed by atoms with Crippen molar-refractivity contribution in [1.29, 1.82) is 0 Å². The zero-order chi connectivity index (χ0) is 17.7. The van der Waals surface area contributed by atoms with Crippen LogP contribution in [0.2, 0.25) is 5.02 Å². The molecule has 2 nitrogen and oxygen atoms in total. The highest BCUT2D eigenvalue weighted by Crippen LogP contribution is 2.36. The van der Waals surface area contributed by atoms with Crippen molar-refractivity contribution in [3.05, 3.63) is 64.7 Å². The van der Waals surface area contributed by atoms with Crippen molar-refractivity contribution in [2.45, 2.75) is 24.1 Å². The lowest BCUT2D eigenvalue weighted by molar-refractivity contribution is -0.137. The number of halogens is 4. The van der Waals surface area contributed by atoms with Gasteiger partial charge in [0.15, 0.2) is 0 Å². The summed E-state index contributed by atoms with van der Waals surface area (Å²) in [6, 6.07) is 12.8. The Kier molecular flexibility index (Phi) is 6.18. The Hall–Kier alpha value is -1.66. The lowest BCUT2D eigenvalue weighted by Gasteiger charge is -2.16. The molecular weight excluding hydrogens is 359 g/mol. The summed E-state index contributed by atoms with van der Waals surface area (Å²) in [7, 11) is 0. The molecule has 128 valence electrons. The number of carbonyl (C=O) groups is 1. The van der Waals surface area contributed by atoms with E-state index in [1.165, 1.54) is 17.8 Å². The Morgan fingerprint density at radius 2 is 1.88 bits per heavy atom. The fourth-order valence-electron chi connectivity index (χ4n) is 1.97. The van der Waals surface area contributed by atoms with Crippen molar-refractivity contribution >= 4 is 35.0 Å². The third kappa shape index (κ3) is 5.18. The number of rotatable bonds is 5. The van der Waals surface area contributed by atoms with Crippen LogP contribution in [0.4, 0.5) is 18.9 Å². The molecule has 2 rings (SSSR count). The van der Waals surface area contributed by atoms with Crippen molar-refractivity contribution in [1.82, 2.24) is 0 Å². The molecule has 0 radical (unpaired) electrons. The van der Waals surface area contributed by atoms with Gasteiger partial charge >= 0.3 is 6.18 Å². The Bertz CT molecular complexity index is 707. The van der Waals surface area contributed by atoms with Gasteiger partial charge in [-0.25, -0.2) is 0 Å². The molecule has 1 N–H and O–H groups in total. The molecule has 0 saturated carbocycles. The first-order valence-electron chi connectivity index (χ1n) is 7.10. The molecule has 0 aliphatic rings. The molecule has 0 aliphatic carbocycles. The highest BCUT2D eigenvalue weighted by atomic mass is 35.5. The summed E-state index contributed by atoms with van der Waals surface area (Å²) in [5.74, 6) is 0.117. The summed E-state index contributed by atoms with van der Waals surface area (Å²) in [4.78, 5) is 12.2. The number of hydrogen-bond donors (Lipinski definition) is 1. The van der Waals surface area contributed by atoms with Crippen LogP contribution in [-0.2, 0) is 16.7 Å². The van der Waals surface area contributed by atoms with Gasteiger partial charge in [-0.15, -0.1) is 11.8 Å². The van der Waals surface area contributed by atoms with Crippen molar-refractivity contribution in [2.24, 2.45) is 0 Å². The van der Waals surface area contributed by atoms with Crippen LogP contribution in [0, 0.1) is 0 Å². The van der Waals surface area contributed by atoms with E-state index in [1.54, 1.807) is 6.92 Å². The van der Waals surface area contributed by atoms with E-state index < -0.39 is 22.9 Å². The number of nitrogens with one attached hydrogen (secondary N) is 1. The Balaban J connectivity index is 2.04. The van der Waals surface area contributed by atoms with E-state index in [2.05, 4.69) is 5.32 Å². The van der Waals surface area contributed by atoms with E-state index >= 15 is 0 Å². The van der Waals surface area contributed by atoms with Crippen LogP contribution in [0.25, 0.3) is 0 Å². The minimum absolute atomic E-state index is 0.0353. The Morgan fingerprint density at radius 3 is 2.50 bits per heavy atom. The van der Waals surface area contributed by atoms with Crippen molar-refractivity contribution in [3.63, 3.8) is 0 Å². The molecule has 0 unspecified atom stereocenters. The maximum Gasteiger partial charge on any atom is 0.418 e. The fraction of sp³-hybridized carbons (Fsp3) is 0.235. The smallest absolute Gasteiger partial charge is 0.325 e. The molecule has 0 saturated heterocycles. The number of benzene rings is 2. The first-order chi connectivity index (χ1) is 11.3. The van der Waals surface area contributed by atoms with Crippen LogP contribution >= 0.6 is 23.4 Å². The molecule has 1 amide bonds. The van der Waals surface area contributed by atoms with E-state index in [0.29, 0.717) is 5.75 Å². The van der Waals surface area contributed by atoms with E-state index in [0.717, 1.165) is 17.7 Å². The zero-order valence-corrected chi connectivity index (χ0v) is 14.3. The SMILES string of the molecule is C[C@@H](SCc1ccccc1)C(=O)Nc1ccc(Cl)cc1C(F)(F)F. The largest absolute Gasteiger partial charge is 0.418 e. The zero-order valence-electron chi connectivity index (χ0n) is 12.7. The van der Waals surface area contributed by atoms with E-state index in [-0.39, 0.29) is 10.7 Å². The molecule has 2 aromatic carbocycles. The molecule has 0 aromatic heterocycles. The minimum atomic E-state index is -4.59. The quantitative estimate of drug-likeness (QED) is 0.737. The molecule has 0 heterocycles. The average molecular weight is 374 g/mol. The maximum atomic E-state index is 13.0. The van der Waals surface area contributed by atoms with Crippen LogP contribution in [0.5, 0.6) is 0 Å². The minimum Gasteiger partial charge on any atom is -0.325 e. The molecular formula is C17H15ClF3NOS. The fourth-order valence-corrected chi connectivity index (χ4v) is 2.98. The van der Waals surface area contributed by atoms with Gasteiger partial charge in [0, 0.05) is 10.8 Å². The van der Waals surface area contributed by atoms with Crippen LogP contribution < -0.4 is 5.32 Å². The van der Waals surface area contributed by atoms with Gasteiger partial charge in [-0.2, -0.15) is 13.2 Å². The number of hydrogen-bond acceptors (Lipinski definition) is 2. The molecule has 0 fully saturated rings. The second-order valence-corrected chi connectivity index (χ2v) is 6.88. The molecule has 1 atom stereocenters. The summed E-state index contributed by atoms with van der Waals surface area (Å²) in [5.41, 5.74) is -0.197. The van der Waals surface area contributed by atoms with Gasteiger partial charge in [-0.3, -0.25) is 4.79 Å². The van der Waals surface area contributed by atoms with E-state index in [9.17, 15) is 18.0 Å². The summed E-state index contributed by atoms with van der Waals surface area (Å²) in [5, 5.41) is 1.81. The predicted octanol–water partition coefficient (Wildman–Crippen LogP) is 5.62. The highest BCUT2D eigenvalue weighted by Gasteiger charge is 2.34.